The lowest BCUT2D eigenvalue weighted by molar-refractivity contribution is -0.144. The number of nitrogens with zero attached hydrogens (tertiary/aromatic N) is 3. The molecule has 0 saturated carbocycles. The molecule has 0 aliphatic heterocycles. The van der Waals surface area contributed by atoms with Crippen molar-refractivity contribution in [1.82, 2.24) is 5.32 Å². The van der Waals surface area contributed by atoms with Gasteiger partial charge < -0.3 is 5.11 Å². The summed E-state index contributed by atoms with van der Waals surface area (Å²) < 4.78 is 0. The molecule has 0 aromatic heterocycles. The molecule has 1 aromatic rings. The molecule has 1 aromatic carbocycles. The highest BCUT2D eigenvalue weighted by Gasteiger charge is 2.35. The van der Waals surface area contributed by atoms with Crippen LogP contribution in [0.4, 0.5) is 0 Å². The molecular weight excluding hydrogens is 244 g/mol. The molecule has 1 atom stereocenters. The van der Waals surface area contributed by atoms with E-state index in [0.717, 1.165) is 16.7 Å². The van der Waals surface area contributed by atoms with Crippen molar-refractivity contribution in [3.8, 4) is 0 Å². The fourth-order valence-electron chi connectivity index (χ4n) is 1.96. The van der Waals surface area contributed by atoms with Crippen LogP contribution in [0.2, 0.25) is 0 Å². The first-order valence-electron chi connectivity index (χ1n) is 5.99. The second-order valence-electron chi connectivity index (χ2n) is 4.63. The van der Waals surface area contributed by atoms with Crippen molar-refractivity contribution in [2.45, 2.75) is 26.3 Å². The van der Waals surface area contributed by atoms with E-state index in [-0.39, 0.29) is 6.54 Å². The van der Waals surface area contributed by atoms with Crippen LogP contribution in [0.15, 0.2) is 23.3 Å². The summed E-state index contributed by atoms with van der Waals surface area (Å²) in [6, 6.07) is 5.71. The van der Waals surface area contributed by atoms with Gasteiger partial charge in [-0.25, -0.2) is 4.79 Å². The molecular formula is C13H18N4O2. The number of nitrogens with one attached hydrogen (secondary N) is 1. The van der Waals surface area contributed by atoms with Gasteiger partial charge >= 0.3 is 5.97 Å². The van der Waals surface area contributed by atoms with Gasteiger partial charge in [0.25, 0.3) is 0 Å². The van der Waals surface area contributed by atoms with Gasteiger partial charge in [-0.3, -0.25) is 5.32 Å². The van der Waals surface area contributed by atoms with Crippen molar-refractivity contribution in [2.75, 3.05) is 13.1 Å². The first-order chi connectivity index (χ1) is 8.91. The lowest BCUT2D eigenvalue weighted by Crippen LogP contribution is -2.48. The number of azide groups is 1. The Labute approximate surface area is 112 Å². The molecule has 2 N–H and O–H groups in total. The molecule has 19 heavy (non-hydrogen) atoms. The van der Waals surface area contributed by atoms with Crippen LogP contribution in [0.5, 0.6) is 0 Å². The first kappa shape index (κ1) is 15.0. The van der Waals surface area contributed by atoms with Crippen molar-refractivity contribution in [1.29, 1.82) is 0 Å². The number of aliphatic carboxylic acids is 1. The number of carboxylic acids is 1. The highest BCUT2D eigenvalue weighted by atomic mass is 16.4. The van der Waals surface area contributed by atoms with Crippen molar-refractivity contribution < 1.29 is 9.90 Å². The number of aryl methyl sites for hydroxylation is 2. The largest absolute Gasteiger partial charge is 0.480 e. The molecule has 6 nitrogen and oxygen atoms in total. The molecule has 0 heterocycles. The fourth-order valence-corrected chi connectivity index (χ4v) is 1.96. The third-order valence-electron chi connectivity index (χ3n) is 3.11. The van der Waals surface area contributed by atoms with Crippen LogP contribution < -0.4 is 5.32 Å². The molecule has 6 heteroatoms. The molecule has 0 fully saturated rings. The number of hydrogen-bond acceptors (Lipinski definition) is 3. The van der Waals surface area contributed by atoms with Gasteiger partial charge in [0, 0.05) is 18.0 Å². The van der Waals surface area contributed by atoms with E-state index in [1.165, 1.54) is 0 Å². The van der Waals surface area contributed by atoms with E-state index >= 15 is 0 Å². The normalized spacial score (nSPS) is 13.4. The molecule has 0 aliphatic carbocycles. The van der Waals surface area contributed by atoms with Crippen molar-refractivity contribution in [3.63, 3.8) is 0 Å². The average Bonchev–Trinajstić information content (AvgIpc) is 2.37. The zero-order valence-corrected chi connectivity index (χ0v) is 11.3. The van der Waals surface area contributed by atoms with Crippen molar-refractivity contribution in [2.24, 2.45) is 5.11 Å². The van der Waals surface area contributed by atoms with E-state index in [2.05, 4.69) is 15.3 Å². The molecule has 0 spiro atoms. The van der Waals surface area contributed by atoms with Gasteiger partial charge in [-0.15, -0.1) is 0 Å². The summed E-state index contributed by atoms with van der Waals surface area (Å²) in [5, 5.41) is 15.8. The average molecular weight is 262 g/mol. The Morgan fingerprint density at radius 2 is 2.21 bits per heavy atom. The maximum absolute atomic E-state index is 11.6. The standard InChI is InChI=1S/C13H18N4O2/c1-9-4-5-10(2)11(8-9)13(3,12(18)19)15-6-7-16-17-14/h4-5,8,15H,6-7H2,1-3H3,(H,18,19). The van der Waals surface area contributed by atoms with Gasteiger partial charge in [0.1, 0.15) is 5.54 Å². The van der Waals surface area contributed by atoms with Crippen LogP contribution in [0, 0.1) is 13.8 Å². The summed E-state index contributed by atoms with van der Waals surface area (Å²) in [7, 11) is 0. The fraction of sp³-hybridized carbons (Fsp3) is 0.462. The topological polar surface area (TPSA) is 98.1 Å². The molecule has 1 rings (SSSR count). The predicted molar refractivity (Wildman–Crippen MR) is 72.9 cm³/mol. The van der Waals surface area contributed by atoms with Crippen LogP contribution >= 0.6 is 0 Å². The number of rotatable bonds is 6. The smallest absolute Gasteiger partial charge is 0.328 e. The van der Waals surface area contributed by atoms with Gasteiger partial charge in [-0.1, -0.05) is 28.9 Å². The SMILES string of the molecule is Cc1ccc(C)c(C(C)(NCCN=[N+]=[N-])C(=O)O)c1. The minimum absolute atomic E-state index is 0.213. The quantitative estimate of drug-likeness (QED) is 0.356. The second-order valence-corrected chi connectivity index (χ2v) is 4.63. The van der Waals surface area contributed by atoms with Crippen LogP contribution in [0.3, 0.4) is 0 Å². The Morgan fingerprint density at radius 3 is 2.79 bits per heavy atom. The molecule has 0 aliphatic rings. The molecule has 102 valence electrons. The van der Waals surface area contributed by atoms with E-state index in [1.54, 1.807) is 6.92 Å². The first-order valence-corrected chi connectivity index (χ1v) is 5.99. The summed E-state index contributed by atoms with van der Waals surface area (Å²) >= 11 is 0. The van der Waals surface area contributed by atoms with Gasteiger partial charge in [-0.05, 0) is 37.4 Å². The zero-order chi connectivity index (χ0) is 14.5. The van der Waals surface area contributed by atoms with Crippen LogP contribution in [-0.4, -0.2) is 24.2 Å². The summed E-state index contributed by atoms with van der Waals surface area (Å²) in [5.41, 5.74) is 9.66. The van der Waals surface area contributed by atoms with Crippen molar-refractivity contribution in [3.05, 3.63) is 45.3 Å². The monoisotopic (exact) mass is 262 g/mol. The third kappa shape index (κ3) is 3.47. The highest BCUT2D eigenvalue weighted by Crippen LogP contribution is 2.25. The summed E-state index contributed by atoms with van der Waals surface area (Å²) in [4.78, 5) is 14.2. The zero-order valence-electron chi connectivity index (χ0n) is 11.3. The molecule has 0 saturated heterocycles. The summed E-state index contributed by atoms with van der Waals surface area (Å²) in [5.74, 6) is -0.956. The lowest BCUT2D eigenvalue weighted by atomic mass is 9.87. The predicted octanol–water partition coefficient (Wildman–Crippen LogP) is 2.50. The Morgan fingerprint density at radius 1 is 1.53 bits per heavy atom. The number of carbonyl (C=O) groups is 1. The minimum atomic E-state index is -1.19. The van der Waals surface area contributed by atoms with E-state index in [9.17, 15) is 9.90 Å². The van der Waals surface area contributed by atoms with Crippen molar-refractivity contribution >= 4 is 5.97 Å². The Bertz CT molecular complexity index is 523. The second kappa shape index (κ2) is 6.22. The Hall–Kier alpha value is -2.04. The Balaban J connectivity index is 3.07. The van der Waals surface area contributed by atoms with Crippen LogP contribution in [-0.2, 0) is 10.3 Å². The Kier molecular flexibility index (Phi) is 4.92. The number of carboxylic acid groups (broad SMARTS) is 1. The van der Waals surface area contributed by atoms with Gasteiger partial charge in [0.05, 0.1) is 0 Å². The molecule has 0 amide bonds. The van der Waals surface area contributed by atoms with Crippen LogP contribution in [0.1, 0.15) is 23.6 Å². The lowest BCUT2D eigenvalue weighted by Gasteiger charge is -2.28. The van der Waals surface area contributed by atoms with Gasteiger partial charge in [0.15, 0.2) is 0 Å². The van der Waals surface area contributed by atoms with Gasteiger partial charge in [0.2, 0.25) is 0 Å². The summed E-state index contributed by atoms with van der Waals surface area (Å²) in [6.07, 6.45) is 0. The van der Waals surface area contributed by atoms with E-state index in [4.69, 9.17) is 5.53 Å². The number of benzene rings is 1. The number of hydrogen-bond donors (Lipinski definition) is 2. The van der Waals surface area contributed by atoms with Gasteiger partial charge in [-0.2, -0.15) is 0 Å². The maximum Gasteiger partial charge on any atom is 0.328 e. The summed E-state index contributed by atoms with van der Waals surface area (Å²) in [6.45, 7) is 5.94. The van der Waals surface area contributed by atoms with E-state index in [0.29, 0.717) is 6.54 Å². The van der Waals surface area contributed by atoms with E-state index < -0.39 is 11.5 Å². The molecule has 1 unspecified atom stereocenters. The van der Waals surface area contributed by atoms with Crippen LogP contribution in [0.25, 0.3) is 10.4 Å². The van der Waals surface area contributed by atoms with E-state index in [1.807, 2.05) is 32.0 Å². The highest BCUT2D eigenvalue weighted by molar-refractivity contribution is 5.81. The minimum Gasteiger partial charge on any atom is -0.480 e. The molecule has 0 radical (unpaired) electrons. The molecule has 0 bridgehead atoms. The maximum atomic E-state index is 11.6. The third-order valence-corrected chi connectivity index (χ3v) is 3.11.